The lowest BCUT2D eigenvalue weighted by Gasteiger charge is -2.31. The third-order valence-corrected chi connectivity index (χ3v) is 5.70. The van der Waals surface area contributed by atoms with E-state index < -0.39 is 10.0 Å². The Bertz CT molecular complexity index is 699. The molecule has 0 saturated carbocycles. The fraction of sp³-hybridized carbons (Fsp3) is 0.562. The minimum atomic E-state index is -3.24. The number of nitrogens with zero attached hydrogens (tertiary/aromatic N) is 2. The van der Waals surface area contributed by atoms with E-state index in [1.165, 1.54) is 17.0 Å². The average Bonchev–Trinajstić information content (AvgIpc) is 2.89. The summed E-state index contributed by atoms with van der Waals surface area (Å²) in [5.74, 6) is 0.611. The molecule has 0 aromatic heterocycles. The van der Waals surface area contributed by atoms with Crippen LogP contribution in [0.2, 0.25) is 0 Å². The van der Waals surface area contributed by atoms with Gasteiger partial charge in [-0.2, -0.15) is 0 Å². The number of rotatable bonds is 2. The average molecular weight is 322 g/mol. The molecule has 0 spiro atoms. The van der Waals surface area contributed by atoms with E-state index in [0.717, 1.165) is 25.1 Å². The van der Waals surface area contributed by atoms with Crippen molar-refractivity contribution in [3.63, 3.8) is 0 Å². The van der Waals surface area contributed by atoms with Gasteiger partial charge in [0.1, 0.15) is 0 Å². The lowest BCUT2D eigenvalue weighted by molar-refractivity contribution is 0.0683. The number of fused-ring (bicyclic) bond motifs is 1. The first-order valence-electron chi connectivity index (χ1n) is 7.76. The lowest BCUT2D eigenvalue weighted by Crippen LogP contribution is -2.39. The van der Waals surface area contributed by atoms with Crippen LogP contribution in [0.25, 0.3) is 0 Å². The van der Waals surface area contributed by atoms with Crippen molar-refractivity contribution in [2.75, 3.05) is 30.2 Å². The predicted molar refractivity (Wildman–Crippen MR) is 86.6 cm³/mol. The molecule has 1 unspecified atom stereocenters. The number of anilines is 1. The van der Waals surface area contributed by atoms with Crippen molar-refractivity contribution in [1.82, 2.24) is 4.90 Å². The molecular formula is C16H22N2O3S. The molecule has 1 aromatic rings. The molecule has 0 bridgehead atoms. The number of benzene rings is 1. The molecule has 0 aliphatic carbocycles. The first kappa shape index (κ1) is 15.3. The number of likely N-dealkylation sites (tertiary alicyclic amines) is 1. The molecule has 22 heavy (non-hydrogen) atoms. The molecule has 1 saturated heterocycles. The SMILES string of the molecule is CC1CCCN(C(=O)c2ccc3c(c2)CCN3S(C)(=O)=O)C1. The summed E-state index contributed by atoms with van der Waals surface area (Å²) in [6.07, 6.45) is 4.12. The minimum absolute atomic E-state index is 0.0622. The van der Waals surface area contributed by atoms with Crippen molar-refractivity contribution in [3.05, 3.63) is 29.3 Å². The normalized spacial score (nSPS) is 21.8. The third-order valence-electron chi connectivity index (χ3n) is 4.52. The van der Waals surface area contributed by atoms with Gasteiger partial charge in [0.2, 0.25) is 10.0 Å². The van der Waals surface area contributed by atoms with Gasteiger partial charge in [-0.3, -0.25) is 9.10 Å². The van der Waals surface area contributed by atoms with Crippen LogP contribution < -0.4 is 4.31 Å². The first-order valence-corrected chi connectivity index (χ1v) is 9.61. The molecule has 1 fully saturated rings. The van der Waals surface area contributed by atoms with E-state index in [4.69, 9.17) is 0 Å². The molecule has 2 aliphatic heterocycles. The highest BCUT2D eigenvalue weighted by Crippen LogP contribution is 2.31. The van der Waals surface area contributed by atoms with Gasteiger partial charge in [-0.25, -0.2) is 8.42 Å². The number of piperidine rings is 1. The predicted octanol–water partition coefficient (Wildman–Crippen LogP) is 1.88. The van der Waals surface area contributed by atoms with Gasteiger partial charge in [0.25, 0.3) is 5.91 Å². The van der Waals surface area contributed by atoms with Gasteiger partial charge in [-0.05, 0) is 48.9 Å². The Kier molecular flexibility index (Phi) is 3.89. The number of carbonyl (C=O) groups is 1. The van der Waals surface area contributed by atoms with E-state index in [0.29, 0.717) is 30.1 Å². The number of amides is 1. The fourth-order valence-corrected chi connectivity index (χ4v) is 4.36. The topological polar surface area (TPSA) is 57.7 Å². The molecule has 1 atom stereocenters. The Morgan fingerprint density at radius 2 is 2.05 bits per heavy atom. The molecule has 2 heterocycles. The van der Waals surface area contributed by atoms with Gasteiger partial charge in [-0.15, -0.1) is 0 Å². The maximum Gasteiger partial charge on any atom is 0.253 e. The quantitative estimate of drug-likeness (QED) is 0.835. The van der Waals surface area contributed by atoms with E-state index in [-0.39, 0.29) is 5.91 Å². The van der Waals surface area contributed by atoms with Gasteiger partial charge in [-0.1, -0.05) is 6.92 Å². The van der Waals surface area contributed by atoms with E-state index in [1.807, 2.05) is 11.0 Å². The van der Waals surface area contributed by atoms with Crippen molar-refractivity contribution >= 4 is 21.6 Å². The molecule has 0 N–H and O–H groups in total. The summed E-state index contributed by atoms with van der Waals surface area (Å²) in [5.41, 5.74) is 2.33. The van der Waals surface area contributed by atoms with Crippen molar-refractivity contribution in [2.24, 2.45) is 5.92 Å². The van der Waals surface area contributed by atoms with Crippen LogP contribution in [0.1, 0.15) is 35.7 Å². The lowest BCUT2D eigenvalue weighted by atomic mass is 9.99. The molecule has 3 rings (SSSR count). The van der Waals surface area contributed by atoms with E-state index >= 15 is 0 Å². The van der Waals surface area contributed by atoms with Crippen molar-refractivity contribution in [3.8, 4) is 0 Å². The Hall–Kier alpha value is -1.56. The van der Waals surface area contributed by atoms with Crippen molar-refractivity contribution in [2.45, 2.75) is 26.2 Å². The standard InChI is InChI=1S/C16H22N2O3S/c1-12-4-3-8-17(11-12)16(19)14-5-6-15-13(10-14)7-9-18(15)22(2,20)21/h5-6,10,12H,3-4,7-9,11H2,1-2H3. The van der Waals surface area contributed by atoms with Crippen LogP contribution in [-0.2, 0) is 16.4 Å². The molecule has 5 nitrogen and oxygen atoms in total. The Morgan fingerprint density at radius 3 is 2.73 bits per heavy atom. The van der Waals surface area contributed by atoms with E-state index in [1.54, 1.807) is 12.1 Å². The van der Waals surface area contributed by atoms with E-state index in [9.17, 15) is 13.2 Å². The molecule has 2 aliphatic rings. The summed E-state index contributed by atoms with van der Waals surface area (Å²) in [6.45, 7) is 4.26. The highest BCUT2D eigenvalue weighted by Gasteiger charge is 2.28. The Labute approximate surface area is 132 Å². The zero-order chi connectivity index (χ0) is 15.9. The van der Waals surface area contributed by atoms with Crippen molar-refractivity contribution < 1.29 is 13.2 Å². The molecule has 6 heteroatoms. The highest BCUT2D eigenvalue weighted by molar-refractivity contribution is 7.92. The summed E-state index contributed by atoms with van der Waals surface area (Å²) < 4.78 is 24.9. The smallest absolute Gasteiger partial charge is 0.253 e. The van der Waals surface area contributed by atoms with Crippen LogP contribution in [0.15, 0.2) is 18.2 Å². The van der Waals surface area contributed by atoms with Crippen LogP contribution in [0.3, 0.4) is 0 Å². The van der Waals surface area contributed by atoms with Crippen LogP contribution >= 0.6 is 0 Å². The maximum absolute atomic E-state index is 12.6. The van der Waals surface area contributed by atoms with Gasteiger partial charge < -0.3 is 4.90 Å². The zero-order valence-corrected chi connectivity index (χ0v) is 13.9. The first-order chi connectivity index (χ1) is 10.4. The van der Waals surface area contributed by atoms with Crippen LogP contribution in [-0.4, -0.2) is 45.1 Å². The summed E-state index contributed by atoms with van der Waals surface area (Å²) in [7, 11) is -3.24. The van der Waals surface area contributed by atoms with E-state index in [2.05, 4.69) is 6.92 Å². The monoisotopic (exact) mass is 322 g/mol. The second kappa shape index (κ2) is 5.57. The maximum atomic E-state index is 12.6. The number of sulfonamides is 1. The molecule has 1 amide bonds. The molecular weight excluding hydrogens is 300 g/mol. The molecule has 120 valence electrons. The zero-order valence-electron chi connectivity index (χ0n) is 13.1. The summed E-state index contributed by atoms with van der Waals surface area (Å²) in [4.78, 5) is 14.5. The number of hydrogen-bond donors (Lipinski definition) is 0. The third kappa shape index (κ3) is 2.84. The largest absolute Gasteiger partial charge is 0.338 e. The molecule has 0 radical (unpaired) electrons. The summed E-state index contributed by atoms with van der Waals surface area (Å²) in [5, 5.41) is 0. The Morgan fingerprint density at radius 1 is 1.27 bits per heavy atom. The number of carbonyl (C=O) groups excluding carboxylic acids is 1. The second-order valence-corrected chi connectivity index (χ2v) is 8.33. The summed E-state index contributed by atoms with van der Waals surface area (Å²) in [6, 6.07) is 5.38. The van der Waals surface area contributed by atoms with Crippen molar-refractivity contribution in [1.29, 1.82) is 0 Å². The van der Waals surface area contributed by atoms with Gasteiger partial charge in [0.15, 0.2) is 0 Å². The minimum Gasteiger partial charge on any atom is -0.338 e. The van der Waals surface area contributed by atoms with Crippen LogP contribution in [0, 0.1) is 5.92 Å². The summed E-state index contributed by atoms with van der Waals surface area (Å²) >= 11 is 0. The molecule has 1 aromatic carbocycles. The Balaban J connectivity index is 1.84. The van der Waals surface area contributed by atoms with Gasteiger partial charge in [0.05, 0.1) is 11.9 Å². The van der Waals surface area contributed by atoms with Gasteiger partial charge >= 0.3 is 0 Å². The second-order valence-electron chi connectivity index (χ2n) is 6.43. The van der Waals surface area contributed by atoms with Gasteiger partial charge in [0, 0.05) is 25.2 Å². The number of hydrogen-bond acceptors (Lipinski definition) is 3. The highest BCUT2D eigenvalue weighted by atomic mass is 32.2. The van der Waals surface area contributed by atoms with Crippen LogP contribution in [0.4, 0.5) is 5.69 Å². The fourth-order valence-electron chi connectivity index (χ4n) is 3.41. The van der Waals surface area contributed by atoms with Crippen LogP contribution in [0.5, 0.6) is 0 Å².